The fraction of sp³-hybridized carbons (Fsp3) is 0.600. The van der Waals surface area contributed by atoms with Crippen LogP contribution in [0.1, 0.15) is 33.1 Å². The Labute approximate surface area is 114 Å². The molecule has 0 spiro atoms. The first kappa shape index (κ1) is 14.0. The van der Waals surface area contributed by atoms with Gasteiger partial charge in [-0.25, -0.2) is 0 Å². The molecule has 0 radical (unpaired) electrons. The van der Waals surface area contributed by atoms with Crippen molar-refractivity contribution in [1.82, 2.24) is 0 Å². The Balaban J connectivity index is 1.69. The number of nitrogens with two attached hydrogens (primary N) is 1. The molecule has 19 heavy (non-hydrogen) atoms. The zero-order valence-corrected chi connectivity index (χ0v) is 11.8. The molecule has 0 unspecified atom stereocenters. The SMILES string of the molecule is CC(C)(CN)CCCCOc1ccc2c(c1)OCO2. The smallest absolute Gasteiger partial charge is 0.231 e. The van der Waals surface area contributed by atoms with Gasteiger partial charge in [-0.05, 0) is 43.4 Å². The summed E-state index contributed by atoms with van der Waals surface area (Å²) in [4.78, 5) is 0. The maximum atomic E-state index is 5.71. The maximum absolute atomic E-state index is 5.71. The number of fused-ring (bicyclic) bond motifs is 1. The second kappa shape index (κ2) is 6.15. The first-order chi connectivity index (χ1) is 9.11. The number of hydrogen-bond donors (Lipinski definition) is 1. The fourth-order valence-corrected chi connectivity index (χ4v) is 1.96. The molecule has 0 fully saturated rings. The van der Waals surface area contributed by atoms with Crippen LogP contribution >= 0.6 is 0 Å². The van der Waals surface area contributed by atoms with E-state index < -0.39 is 0 Å². The molecule has 4 heteroatoms. The van der Waals surface area contributed by atoms with Crippen LogP contribution in [0.25, 0.3) is 0 Å². The van der Waals surface area contributed by atoms with E-state index in [4.69, 9.17) is 19.9 Å². The molecule has 1 aromatic carbocycles. The largest absolute Gasteiger partial charge is 0.493 e. The van der Waals surface area contributed by atoms with E-state index >= 15 is 0 Å². The molecular weight excluding hydrogens is 242 g/mol. The van der Waals surface area contributed by atoms with Crippen LogP contribution in [0.15, 0.2) is 18.2 Å². The van der Waals surface area contributed by atoms with Crippen molar-refractivity contribution >= 4 is 0 Å². The van der Waals surface area contributed by atoms with Gasteiger partial charge in [0.05, 0.1) is 6.61 Å². The normalized spacial score (nSPS) is 13.6. The van der Waals surface area contributed by atoms with Gasteiger partial charge in [0.25, 0.3) is 0 Å². The number of ether oxygens (including phenoxy) is 3. The maximum Gasteiger partial charge on any atom is 0.231 e. The summed E-state index contributed by atoms with van der Waals surface area (Å²) in [5, 5.41) is 0. The van der Waals surface area contributed by atoms with E-state index in [9.17, 15) is 0 Å². The minimum absolute atomic E-state index is 0.235. The van der Waals surface area contributed by atoms with Crippen molar-refractivity contribution in [2.45, 2.75) is 33.1 Å². The van der Waals surface area contributed by atoms with Crippen LogP contribution in [-0.2, 0) is 0 Å². The number of hydrogen-bond acceptors (Lipinski definition) is 4. The van der Waals surface area contributed by atoms with Gasteiger partial charge in [-0.3, -0.25) is 0 Å². The van der Waals surface area contributed by atoms with E-state index in [2.05, 4.69) is 13.8 Å². The zero-order valence-electron chi connectivity index (χ0n) is 11.8. The molecule has 1 heterocycles. The summed E-state index contributed by atoms with van der Waals surface area (Å²) in [6.07, 6.45) is 3.31. The van der Waals surface area contributed by atoms with Gasteiger partial charge in [0.2, 0.25) is 6.79 Å². The van der Waals surface area contributed by atoms with E-state index in [1.807, 2.05) is 18.2 Å². The first-order valence-corrected chi connectivity index (χ1v) is 6.83. The lowest BCUT2D eigenvalue weighted by atomic mass is 9.87. The summed E-state index contributed by atoms with van der Waals surface area (Å²) in [5.41, 5.74) is 5.94. The summed E-state index contributed by atoms with van der Waals surface area (Å²) in [6, 6.07) is 5.68. The van der Waals surface area contributed by atoms with Crippen molar-refractivity contribution in [2.75, 3.05) is 19.9 Å². The molecular formula is C15H23NO3. The minimum atomic E-state index is 0.235. The molecule has 0 atom stereocenters. The van der Waals surface area contributed by atoms with Crippen molar-refractivity contribution in [3.05, 3.63) is 18.2 Å². The minimum Gasteiger partial charge on any atom is -0.493 e. The van der Waals surface area contributed by atoms with Crippen molar-refractivity contribution in [2.24, 2.45) is 11.1 Å². The lowest BCUT2D eigenvalue weighted by Crippen LogP contribution is -2.23. The van der Waals surface area contributed by atoms with Crippen LogP contribution in [0.3, 0.4) is 0 Å². The third kappa shape index (κ3) is 4.03. The van der Waals surface area contributed by atoms with E-state index in [0.717, 1.165) is 49.7 Å². The fourth-order valence-electron chi connectivity index (χ4n) is 1.96. The average molecular weight is 265 g/mol. The van der Waals surface area contributed by atoms with E-state index in [0.29, 0.717) is 6.79 Å². The summed E-state index contributed by atoms with van der Waals surface area (Å²) >= 11 is 0. The van der Waals surface area contributed by atoms with Gasteiger partial charge in [-0.15, -0.1) is 0 Å². The van der Waals surface area contributed by atoms with Gasteiger partial charge in [0.15, 0.2) is 11.5 Å². The summed E-state index contributed by atoms with van der Waals surface area (Å²) in [6.45, 7) is 6.15. The highest BCUT2D eigenvalue weighted by Crippen LogP contribution is 2.35. The van der Waals surface area contributed by atoms with Crippen molar-refractivity contribution in [1.29, 1.82) is 0 Å². The van der Waals surface area contributed by atoms with Gasteiger partial charge in [-0.2, -0.15) is 0 Å². The highest BCUT2D eigenvalue weighted by Gasteiger charge is 2.15. The van der Waals surface area contributed by atoms with Gasteiger partial charge in [0, 0.05) is 6.07 Å². The molecule has 2 N–H and O–H groups in total. The third-order valence-corrected chi connectivity index (χ3v) is 3.41. The molecule has 0 saturated heterocycles. The second-order valence-corrected chi connectivity index (χ2v) is 5.69. The monoisotopic (exact) mass is 265 g/mol. The quantitative estimate of drug-likeness (QED) is 0.770. The standard InChI is InChI=1S/C15H23NO3/c1-15(2,10-16)7-3-4-8-17-12-5-6-13-14(9-12)19-11-18-13/h5-6,9H,3-4,7-8,10-11,16H2,1-2H3. The Morgan fingerprint density at radius 1 is 1.21 bits per heavy atom. The lowest BCUT2D eigenvalue weighted by Gasteiger charge is -2.21. The topological polar surface area (TPSA) is 53.7 Å². The van der Waals surface area contributed by atoms with Crippen LogP contribution in [0, 0.1) is 5.41 Å². The van der Waals surface area contributed by atoms with Crippen molar-refractivity contribution in [3.63, 3.8) is 0 Å². The Bertz CT molecular complexity index is 418. The third-order valence-electron chi connectivity index (χ3n) is 3.41. The molecule has 0 aromatic heterocycles. The lowest BCUT2D eigenvalue weighted by molar-refractivity contribution is 0.173. The zero-order chi connectivity index (χ0) is 13.7. The molecule has 0 amide bonds. The molecule has 1 aromatic rings. The molecule has 0 bridgehead atoms. The number of rotatable bonds is 7. The average Bonchev–Trinajstić information content (AvgIpc) is 2.85. The molecule has 2 rings (SSSR count). The van der Waals surface area contributed by atoms with Gasteiger partial charge in [0.1, 0.15) is 5.75 Å². The summed E-state index contributed by atoms with van der Waals surface area (Å²) < 4.78 is 16.3. The molecule has 1 aliphatic rings. The molecule has 1 aliphatic heterocycles. The Morgan fingerprint density at radius 3 is 2.79 bits per heavy atom. The highest BCUT2D eigenvalue weighted by atomic mass is 16.7. The van der Waals surface area contributed by atoms with Crippen molar-refractivity contribution in [3.8, 4) is 17.2 Å². The van der Waals surface area contributed by atoms with Gasteiger partial charge < -0.3 is 19.9 Å². The van der Waals surface area contributed by atoms with Crippen LogP contribution in [0.5, 0.6) is 17.2 Å². The number of unbranched alkanes of at least 4 members (excludes halogenated alkanes) is 1. The molecule has 106 valence electrons. The van der Waals surface area contributed by atoms with Crippen LogP contribution < -0.4 is 19.9 Å². The Morgan fingerprint density at radius 2 is 2.00 bits per heavy atom. The van der Waals surface area contributed by atoms with Gasteiger partial charge >= 0.3 is 0 Å². The molecule has 0 aliphatic carbocycles. The Kier molecular flexibility index (Phi) is 4.53. The van der Waals surface area contributed by atoms with Gasteiger partial charge in [-0.1, -0.05) is 13.8 Å². The first-order valence-electron chi connectivity index (χ1n) is 6.83. The van der Waals surface area contributed by atoms with Crippen LogP contribution in [0.2, 0.25) is 0 Å². The predicted molar refractivity (Wildman–Crippen MR) is 74.7 cm³/mol. The molecule has 4 nitrogen and oxygen atoms in total. The van der Waals surface area contributed by atoms with E-state index in [1.165, 1.54) is 0 Å². The van der Waals surface area contributed by atoms with E-state index in [-0.39, 0.29) is 5.41 Å². The highest BCUT2D eigenvalue weighted by molar-refractivity contribution is 5.46. The van der Waals surface area contributed by atoms with Crippen LogP contribution in [-0.4, -0.2) is 19.9 Å². The summed E-state index contributed by atoms with van der Waals surface area (Å²) in [5.74, 6) is 2.39. The van der Waals surface area contributed by atoms with Crippen LogP contribution in [0.4, 0.5) is 0 Å². The summed E-state index contributed by atoms with van der Waals surface area (Å²) in [7, 11) is 0. The number of benzene rings is 1. The second-order valence-electron chi connectivity index (χ2n) is 5.69. The Hall–Kier alpha value is -1.42. The molecule has 0 saturated carbocycles. The van der Waals surface area contributed by atoms with Crippen molar-refractivity contribution < 1.29 is 14.2 Å². The van der Waals surface area contributed by atoms with E-state index in [1.54, 1.807) is 0 Å². The predicted octanol–water partition coefficient (Wildman–Crippen LogP) is 2.95.